The summed E-state index contributed by atoms with van der Waals surface area (Å²) in [5, 5.41) is 6.17. The van der Waals surface area contributed by atoms with Crippen LogP contribution in [0, 0.1) is 0 Å². The van der Waals surface area contributed by atoms with Gasteiger partial charge in [-0.15, -0.1) is 0 Å². The number of nitrogens with one attached hydrogen (secondary N) is 2. The van der Waals surface area contributed by atoms with Crippen LogP contribution in [0.4, 0.5) is 0 Å². The van der Waals surface area contributed by atoms with Crippen molar-refractivity contribution in [2.75, 3.05) is 13.3 Å². The number of carbonyl (C=O) groups is 1. The molecule has 0 spiro atoms. The molecule has 19 heavy (non-hydrogen) atoms. The Morgan fingerprint density at radius 1 is 1.37 bits per heavy atom. The van der Waals surface area contributed by atoms with Crippen LogP contribution >= 0.6 is 0 Å². The molecule has 1 atom stereocenters. The number of benzene rings is 1. The van der Waals surface area contributed by atoms with Gasteiger partial charge < -0.3 is 20.1 Å². The average Bonchev–Trinajstić information content (AvgIpc) is 3.09. The molecule has 102 valence electrons. The van der Waals surface area contributed by atoms with Crippen LogP contribution in [0.15, 0.2) is 18.2 Å². The SMILES string of the molecule is CC(NCC(=O)NC1CC1)c1ccc2c(c1)OCO2. The highest BCUT2D eigenvalue weighted by Gasteiger charge is 2.23. The van der Waals surface area contributed by atoms with Crippen LogP contribution in [0.2, 0.25) is 0 Å². The van der Waals surface area contributed by atoms with Crippen LogP contribution in [0.25, 0.3) is 0 Å². The number of fused-ring (bicyclic) bond motifs is 1. The second-order valence-corrected chi connectivity index (χ2v) is 5.06. The smallest absolute Gasteiger partial charge is 0.234 e. The number of hydrogen-bond acceptors (Lipinski definition) is 4. The van der Waals surface area contributed by atoms with Gasteiger partial charge in [0.05, 0.1) is 6.54 Å². The summed E-state index contributed by atoms with van der Waals surface area (Å²) in [5.41, 5.74) is 1.09. The molecule has 1 aromatic rings. The summed E-state index contributed by atoms with van der Waals surface area (Å²) in [7, 11) is 0. The Morgan fingerprint density at radius 3 is 2.95 bits per heavy atom. The highest BCUT2D eigenvalue weighted by Crippen LogP contribution is 2.34. The van der Waals surface area contributed by atoms with E-state index in [0.717, 1.165) is 29.9 Å². The maximum Gasteiger partial charge on any atom is 0.234 e. The summed E-state index contributed by atoms with van der Waals surface area (Å²) >= 11 is 0. The quantitative estimate of drug-likeness (QED) is 0.841. The summed E-state index contributed by atoms with van der Waals surface area (Å²) in [5.74, 6) is 1.62. The lowest BCUT2D eigenvalue weighted by molar-refractivity contribution is -0.120. The van der Waals surface area contributed by atoms with Crippen molar-refractivity contribution < 1.29 is 14.3 Å². The van der Waals surface area contributed by atoms with E-state index >= 15 is 0 Å². The minimum Gasteiger partial charge on any atom is -0.454 e. The normalized spacial score (nSPS) is 18.2. The second-order valence-electron chi connectivity index (χ2n) is 5.06. The van der Waals surface area contributed by atoms with Gasteiger partial charge in [-0.3, -0.25) is 4.79 Å². The number of ether oxygens (including phenoxy) is 2. The fourth-order valence-electron chi connectivity index (χ4n) is 2.05. The van der Waals surface area contributed by atoms with Crippen molar-refractivity contribution in [2.45, 2.75) is 31.8 Å². The zero-order valence-electron chi connectivity index (χ0n) is 10.9. The molecule has 2 N–H and O–H groups in total. The van der Waals surface area contributed by atoms with E-state index in [1.54, 1.807) is 0 Å². The van der Waals surface area contributed by atoms with Crippen LogP contribution < -0.4 is 20.1 Å². The van der Waals surface area contributed by atoms with Gasteiger partial charge in [0.25, 0.3) is 0 Å². The minimum atomic E-state index is 0.0649. The molecule has 1 unspecified atom stereocenters. The van der Waals surface area contributed by atoms with Gasteiger partial charge in [0, 0.05) is 12.1 Å². The molecule has 0 saturated heterocycles. The van der Waals surface area contributed by atoms with E-state index in [9.17, 15) is 4.79 Å². The molecule has 0 aromatic heterocycles. The van der Waals surface area contributed by atoms with Crippen LogP contribution in [0.3, 0.4) is 0 Å². The maximum atomic E-state index is 11.6. The summed E-state index contributed by atoms with van der Waals surface area (Å²) in [6.07, 6.45) is 2.23. The Morgan fingerprint density at radius 2 is 2.16 bits per heavy atom. The van der Waals surface area contributed by atoms with Crippen molar-refractivity contribution in [2.24, 2.45) is 0 Å². The number of rotatable bonds is 5. The molecule has 1 saturated carbocycles. The van der Waals surface area contributed by atoms with Gasteiger partial charge in [-0.1, -0.05) is 6.07 Å². The highest BCUT2D eigenvalue weighted by atomic mass is 16.7. The molecule has 1 heterocycles. The summed E-state index contributed by atoms with van der Waals surface area (Å²) < 4.78 is 10.6. The third-order valence-electron chi connectivity index (χ3n) is 3.41. The standard InChI is InChI=1S/C14H18N2O3/c1-9(15-7-14(17)16-11-3-4-11)10-2-5-12-13(6-10)19-8-18-12/h2,5-6,9,11,15H,3-4,7-8H2,1H3,(H,16,17). The van der Waals surface area contributed by atoms with Crippen molar-refractivity contribution in [3.05, 3.63) is 23.8 Å². The summed E-state index contributed by atoms with van der Waals surface area (Å²) in [4.78, 5) is 11.6. The third-order valence-corrected chi connectivity index (χ3v) is 3.41. The van der Waals surface area contributed by atoms with E-state index < -0.39 is 0 Å². The zero-order chi connectivity index (χ0) is 13.2. The predicted octanol–water partition coefficient (Wildman–Crippen LogP) is 1.34. The maximum absolute atomic E-state index is 11.6. The van der Waals surface area contributed by atoms with Crippen LogP contribution in [-0.2, 0) is 4.79 Å². The van der Waals surface area contributed by atoms with Gasteiger partial charge >= 0.3 is 0 Å². The van der Waals surface area contributed by atoms with Gasteiger partial charge in [0.15, 0.2) is 11.5 Å². The fourth-order valence-corrected chi connectivity index (χ4v) is 2.05. The van der Waals surface area contributed by atoms with Crippen molar-refractivity contribution in [3.63, 3.8) is 0 Å². The molecular weight excluding hydrogens is 244 g/mol. The van der Waals surface area contributed by atoms with Gasteiger partial charge in [-0.25, -0.2) is 0 Å². The fraction of sp³-hybridized carbons (Fsp3) is 0.500. The van der Waals surface area contributed by atoms with Crippen molar-refractivity contribution in [1.82, 2.24) is 10.6 Å². The Labute approximate surface area is 112 Å². The Balaban J connectivity index is 1.54. The van der Waals surface area contributed by atoms with Crippen molar-refractivity contribution in [3.8, 4) is 11.5 Å². The van der Waals surface area contributed by atoms with Gasteiger partial charge in [-0.2, -0.15) is 0 Å². The van der Waals surface area contributed by atoms with E-state index in [1.807, 2.05) is 25.1 Å². The highest BCUT2D eigenvalue weighted by molar-refractivity contribution is 5.78. The Hall–Kier alpha value is -1.75. The first-order valence-electron chi connectivity index (χ1n) is 6.64. The van der Waals surface area contributed by atoms with Crippen molar-refractivity contribution in [1.29, 1.82) is 0 Å². The molecule has 5 heteroatoms. The predicted molar refractivity (Wildman–Crippen MR) is 70.1 cm³/mol. The summed E-state index contributed by atoms with van der Waals surface area (Å²) in [6, 6.07) is 6.36. The topological polar surface area (TPSA) is 59.6 Å². The molecule has 0 radical (unpaired) electrons. The van der Waals surface area contributed by atoms with Gasteiger partial charge in [0.2, 0.25) is 12.7 Å². The molecule has 3 rings (SSSR count). The Bertz CT molecular complexity index is 486. The van der Waals surface area contributed by atoms with Gasteiger partial charge in [0.1, 0.15) is 0 Å². The first kappa shape index (κ1) is 12.3. The monoisotopic (exact) mass is 262 g/mol. The van der Waals surface area contributed by atoms with Crippen molar-refractivity contribution >= 4 is 5.91 Å². The molecule has 2 aliphatic rings. The molecule has 0 bridgehead atoms. The first-order valence-corrected chi connectivity index (χ1v) is 6.64. The molecule has 1 aliphatic carbocycles. The van der Waals surface area contributed by atoms with E-state index in [2.05, 4.69) is 10.6 Å². The van der Waals surface area contributed by atoms with E-state index in [1.165, 1.54) is 0 Å². The number of hydrogen-bond donors (Lipinski definition) is 2. The molecule has 1 aromatic carbocycles. The van der Waals surface area contributed by atoms with E-state index in [0.29, 0.717) is 12.6 Å². The van der Waals surface area contributed by atoms with E-state index in [-0.39, 0.29) is 18.7 Å². The number of amides is 1. The lowest BCUT2D eigenvalue weighted by Gasteiger charge is -2.14. The number of carbonyl (C=O) groups excluding carboxylic acids is 1. The Kier molecular flexibility index (Phi) is 3.29. The molecule has 1 fully saturated rings. The van der Waals surface area contributed by atoms with E-state index in [4.69, 9.17) is 9.47 Å². The molecule has 5 nitrogen and oxygen atoms in total. The summed E-state index contributed by atoms with van der Waals surface area (Å²) in [6.45, 7) is 2.65. The minimum absolute atomic E-state index is 0.0649. The second kappa shape index (κ2) is 5.09. The molecule has 1 aliphatic heterocycles. The molecular formula is C14H18N2O3. The van der Waals surface area contributed by atoms with Gasteiger partial charge in [-0.05, 0) is 37.5 Å². The lowest BCUT2D eigenvalue weighted by Crippen LogP contribution is -2.36. The first-order chi connectivity index (χ1) is 9.22. The zero-order valence-corrected chi connectivity index (χ0v) is 10.9. The van der Waals surface area contributed by atoms with Crippen LogP contribution in [0.1, 0.15) is 31.4 Å². The average molecular weight is 262 g/mol. The largest absolute Gasteiger partial charge is 0.454 e. The third kappa shape index (κ3) is 2.98. The van der Waals surface area contributed by atoms with Crippen LogP contribution in [-0.4, -0.2) is 25.3 Å². The lowest BCUT2D eigenvalue weighted by atomic mass is 10.1. The molecule has 1 amide bonds. The van der Waals surface area contributed by atoms with Crippen LogP contribution in [0.5, 0.6) is 11.5 Å².